The monoisotopic (exact) mass is 630 g/mol. The molecule has 0 aliphatic carbocycles. The third kappa shape index (κ3) is 4.72. The maximum absolute atomic E-state index is 5.56. The van der Waals surface area contributed by atoms with Crippen molar-refractivity contribution in [2.75, 3.05) is 13.1 Å². The van der Waals surface area contributed by atoms with Crippen LogP contribution in [0.5, 0.6) is 0 Å². The Morgan fingerprint density at radius 2 is 0.850 bits per heavy atom. The predicted molar refractivity (Wildman–Crippen MR) is 194 cm³/mol. The van der Waals surface area contributed by atoms with Crippen molar-refractivity contribution in [1.82, 2.24) is 9.80 Å². The van der Waals surface area contributed by atoms with Crippen LogP contribution in [0.2, 0.25) is 0 Å². The van der Waals surface area contributed by atoms with Gasteiger partial charge < -0.3 is 9.80 Å². The molecule has 0 radical (unpaired) electrons. The van der Waals surface area contributed by atoms with Crippen molar-refractivity contribution in [3.8, 4) is 0 Å². The van der Waals surface area contributed by atoms with Crippen LogP contribution in [0.3, 0.4) is 0 Å². The minimum Gasteiger partial charge on any atom is -0.317 e. The molecule has 7 rings (SSSR count). The van der Waals surface area contributed by atoms with Gasteiger partial charge in [-0.2, -0.15) is 0 Å². The van der Waals surface area contributed by atoms with Gasteiger partial charge in [-0.25, -0.2) is 0 Å². The van der Waals surface area contributed by atoms with Crippen molar-refractivity contribution in [3.63, 3.8) is 0 Å². The average molecular weight is 631 g/mol. The second kappa shape index (κ2) is 11.6. The minimum atomic E-state index is 0.799. The number of rotatable bonds is 4. The molecular formula is C32H26N2S6. The number of fused-ring (bicyclic) bond motifs is 2. The molecule has 2 heterocycles. The lowest BCUT2D eigenvalue weighted by Crippen LogP contribution is -2.29. The van der Waals surface area contributed by atoms with Gasteiger partial charge in [-0.05, 0) is 55.9 Å². The quantitative estimate of drug-likeness (QED) is 0.0827. The van der Waals surface area contributed by atoms with Crippen LogP contribution in [0.25, 0.3) is 43.1 Å². The van der Waals surface area contributed by atoms with Crippen molar-refractivity contribution in [2.24, 2.45) is 0 Å². The summed E-state index contributed by atoms with van der Waals surface area (Å²) in [5, 5.41) is 10.9. The lowest BCUT2D eigenvalue weighted by Gasteiger charge is -2.16. The Kier molecular flexibility index (Phi) is 8.09. The van der Waals surface area contributed by atoms with E-state index in [4.69, 9.17) is 48.9 Å². The van der Waals surface area contributed by atoms with E-state index >= 15 is 0 Å². The normalized spacial score (nSPS) is 17.8. The molecule has 0 spiro atoms. The van der Waals surface area contributed by atoms with Gasteiger partial charge >= 0.3 is 0 Å². The average Bonchev–Trinajstić information content (AvgIpc) is 3.41. The van der Waals surface area contributed by atoms with E-state index in [0.29, 0.717) is 0 Å². The first kappa shape index (κ1) is 27.9. The van der Waals surface area contributed by atoms with Crippen molar-refractivity contribution < 1.29 is 0 Å². The topological polar surface area (TPSA) is 6.48 Å². The van der Waals surface area contributed by atoms with Gasteiger partial charge in [0.25, 0.3) is 0 Å². The summed E-state index contributed by atoms with van der Waals surface area (Å²) < 4.78 is 1.64. The molecule has 0 amide bonds. The van der Waals surface area contributed by atoms with Crippen LogP contribution in [-0.2, 0) is 0 Å². The largest absolute Gasteiger partial charge is 0.317 e. The first-order valence-corrected chi connectivity index (χ1v) is 16.6. The summed E-state index contributed by atoms with van der Waals surface area (Å²) in [5.41, 5.74) is 0. The molecule has 0 aromatic heterocycles. The summed E-state index contributed by atoms with van der Waals surface area (Å²) in [6.07, 6.45) is 2.03. The highest BCUT2D eigenvalue weighted by Crippen LogP contribution is 2.43. The van der Waals surface area contributed by atoms with E-state index in [0.717, 1.165) is 54.4 Å². The number of benzene rings is 5. The molecule has 5 aromatic rings. The molecule has 200 valence electrons. The van der Waals surface area contributed by atoms with E-state index in [1.165, 1.54) is 43.1 Å². The van der Waals surface area contributed by atoms with Gasteiger partial charge in [0.1, 0.15) is 18.6 Å². The standard InChI is InChI=1S/C20H12.C12H14N2S6/c1-5-13-6-2-11-17-18-12-4-8-14-7-3-10-16(20(14)18)15(9-1)19(13)17;1-3-5-13-9(15)7(19-11(13)17)8-10(16)14(6-4-2)12(18)20-8/h1-12H;3-6H2,1-2H3/b;8-7+. The molecule has 2 nitrogen and oxygen atoms in total. The third-order valence-corrected chi connectivity index (χ3v) is 11.4. The minimum absolute atomic E-state index is 0.799. The molecule has 0 bridgehead atoms. The molecule has 2 aliphatic rings. The van der Waals surface area contributed by atoms with Gasteiger partial charge in [-0.15, -0.1) is 0 Å². The van der Waals surface area contributed by atoms with Crippen LogP contribution < -0.4 is 0 Å². The first-order valence-electron chi connectivity index (χ1n) is 13.3. The number of hydrogen-bond acceptors (Lipinski definition) is 6. The zero-order chi connectivity index (χ0) is 28.0. The maximum Gasteiger partial charge on any atom is 0.146 e. The van der Waals surface area contributed by atoms with Gasteiger partial charge in [0.05, 0.1) is 9.81 Å². The SMILES string of the molecule is CCCN1C(=S)S/C(=C2/SC(=S)N(CCC)C2=S)C1=S.c1cc2cccc3c4cccc5cccc(c(c1)c23)c54. The Morgan fingerprint density at radius 3 is 1.15 bits per heavy atom. The van der Waals surface area contributed by atoms with E-state index in [1.807, 2.05) is 9.80 Å². The second-order valence-corrected chi connectivity index (χ2v) is 13.8. The Morgan fingerprint density at radius 1 is 0.525 bits per heavy atom. The van der Waals surface area contributed by atoms with Gasteiger partial charge in [0, 0.05) is 13.1 Å². The fourth-order valence-electron chi connectivity index (χ4n) is 5.48. The highest BCUT2D eigenvalue weighted by atomic mass is 32.2. The summed E-state index contributed by atoms with van der Waals surface area (Å²) in [6, 6.07) is 26.4. The Balaban J connectivity index is 0.000000145. The van der Waals surface area contributed by atoms with Crippen LogP contribution in [-0.4, -0.2) is 41.5 Å². The van der Waals surface area contributed by atoms with Crippen molar-refractivity contribution in [1.29, 1.82) is 0 Å². The Bertz CT molecular complexity index is 1660. The first-order chi connectivity index (χ1) is 19.4. The maximum atomic E-state index is 5.56. The summed E-state index contributed by atoms with van der Waals surface area (Å²) in [6.45, 7) is 5.96. The van der Waals surface area contributed by atoms with E-state index in [1.54, 1.807) is 23.5 Å². The molecule has 0 saturated carbocycles. The van der Waals surface area contributed by atoms with Crippen LogP contribution in [0, 0.1) is 0 Å². The number of thiocarbonyl (C=S) groups is 4. The fraction of sp³-hybridized carbons (Fsp3) is 0.188. The smallest absolute Gasteiger partial charge is 0.146 e. The molecule has 2 saturated heterocycles. The molecule has 5 aromatic carbocycles. The zero-order valence-electron chi connectivity index (χ0n) is 22.1. The van der Waals surface area contributed by atoms with Crippen LogP contribution in [0.1, 0.15) is 26.7 Å². The third-order valence-electron chi connectivity index (χ3n) is 7.19. The lowest BCUT2D eigenvalue weighted by molar-refractivity contribution is 0.625. The number of hydrogen-bond donors (Lipinski definition) is 0. The number of thioether (sulfide) groups is 2. The summed E-state index contributed by atoms with van der Waals surface area (Å²) in [4.78, 5) is 7.66. The summed E-state index contributed by atoms with van der Waals surface area (Å²) in [5.74, 6) is 0. The lowest BCUT2D eigenvalue weighted by atomic mass is 9.90. The molecule has 8 heteroatoms. The molecule has 0 N–H and O–H groups in total. The van der Waals surface area contributed by atoms with Gasteiger partial charge in [-0.1, -0.05) is 159 Å². The molecule has 2 fully saturated rings. The van der Waals surface area contributed by atoms with Crippen molar-refractivity contribution >= 4 is 134 Å². The molecule has 0 atom stereocenters. The summed E-state index contributed by atoms with van der Waals surface area (Å²) in [7, 11) is 0. The molecular weight excluding hydrogens is 605 g/mol. The van der Waals surface area contributed by atoms with Gasteiger partial charge in [-0.3, -0.25) is 0 Å². The van der Waals surface area contributed by atoms with E-state index in [9.17, 15) is 0 Å². The second-order valence-electron chi connectivity index (χ2n) is 9.73. The van der Waals surface area contributed by atoms with Crippen LogP contribution >= 0.6 is 72.4 Å². The van der Waals surface area contributed by atoms with Crippen LogP contribution in [0.4, 0.5) is 0 Å². The summed E-state index contributed by atoms with van der Waals surface area (Å²) >= 11 is 25.0. The molecule has 2 aliphatic heterocycles. The molecule has 40 heavy (non-hydrogen) atoms. The van der Waals surface area contributed by atoms with Crippen molar-refractivity contribution in [2.45, 2.75) is 26.7 Å². The highest BCUT2D eigenvalue weighted by molar-refractivity contribution is 8.30. The van der Waals surface area contributed by atoms with Gasteiger partial charge in [0.2, 0.25) is 0 Å². The van der Waals surface area contributed by atoms with Crippen molar-refractivity contribution in [3.05, 3.63) is 82.6 Å². The zero-order valence-corrected chi connectivity index (χ0v) is 27.0. The van der Waals surface area contributed by atoms with Crippen LogP contribution in [0.15, 0.2) is 82.6 Å². The van der Waals surface area contributed by atoms with E-state index < -0.39 is 0 Å². The van der Waals surface area contributed by atoms with Gasteiger partial charge in [0.15, 0.2) is 0 Å². The number of nitrogens with zero attached hydrogens (tertiary/aromatic N) is 2. The highest BCUT2D eigenvalue weighted by Gasteiger charge is 2.37. The Hall–Kier alpha value is -2.20. The Labute approximate surface area is 264 Å². The molecule has 0 unspecified atom stereocenters. The van der Waals surface area contributed by atoms with E-state index in [-0.39, 0.29) is 0 Å². The fourth-order valence-corrected chi connectivity index (χ4v) is 9.49. The predicted octanol–water partition coefficient (Wildman–Crippen LogP) is 10.1. The van der Waals surface area contributed by atoms with E-state index in [2.05, 4.69) is 86.6 Å².